The number of hydrogen-bond acceptors (Lipinski definition) is 6. The van der Waals surface area contributed by atoms with Crippen LogP contribution in [0.15, 0.2) is 47.4 Å². The second-order valence-electron chi connectivity index (χ2n) is 5.89. The highest BCUT2D eigenvalue weighted by atomic mass is 35.5. The molecule has 0 saturated heterocycles. The van der Waals surface area contributed by atoms with E-state index in [0.717, 1.165) is 5.56 Å². The van der Waals surface area contributed by atoms with Crippen molar-refractivity contribution in [2.75, 3.05) is 11.9 Å². The van der Waals surface area contributed by atoms with E-state index in [1.165, 1.54) is 31.2 Å². The maximum absolute atomic E-state index is 12.1. The second-order valence-corrected chi connectivity index (χ2v) is 7.89. The van der Waals surface area contributed by atoms with Gasteiger partial charge in [-0.1, -0.05) is 11.6 Å². The van der Waals surface area contributed by atoms with Crippen LogP contribution in [-0.4, -0.2) is 33.0 Å². The minimum atomic E-state index is -3.82. The van der Waals surface area contributed by atoms with E-state index >= 15 is 0 Å². The van der Waals surface area contributed by atoms with Crippen molar-refractivity contribution in [3.8, 4) is 5.75 Å². The van der Waals surface area contributed by atoms with Gasteiger partial charge in [0.15, 0.2) is 12.7 Å². The number of ether oxygens (including phenoxy) is 2. The van der Waals surface area contributed by atoms with Crippen LogP contribution >= 0.6 is 11.6 Å². The molecule has 1 atom stereocenters. The molecule has 0 spiro atoms. The lowest BCUT2D eigenvalue weighted by Crippen LogP contribution is -2.31. The Kier molecular flexibility index (Phi) is 7.00. The molecule has 3 N–H and O–H groups in total. The molecular formula is C18H19ClN2O6S. The van der Waals surface area contributed by atoms with Gasteiger partial charge in [0.25, 0.3) is 5.91 Å². The summed E-state index contributed by atoms with van der Waals surface area (Å²) < 4.78 is 32.8. The molecule has 0 aliphatic rings. The van der Waals surface area contributed by atoms with E-state index in [4.69, 9.17) is 26.2 Å². The van der Waals surface area contributed by atoms with Gasteiger partial charge in [-0.15, -0.1) is 0 Å². The Balaban J connectivity index is 1.86. The molecule has 0 aliphatic heterocycles. The van der Waals surface area contributed by atoms with Crippen LogP contribution in [0.25, 0.3) is 0 Å². The minimum Gasteiger partial charge on any atom is -0.482 e. The van der Waals surface area contributed by atoms with Gasteiger partial charge in [-0.2, -0.15) is 0 Å². The summed E-state index contributed by atoms with van der Waals surface area (Å²) in [6.45, 7) is 2.81. The highest BCUT2D eigenvalue weighted by Gasteiger charge is 2.19. The zero-order valence-corrected chi connectivity index (χ0v) is 16.7. The number of carbonyl (C=O) groups excluding carboxylic acids is 2. The molecule has 28 heavy (non-hydrogen) atoms. The summed E-state index contributed by atoms with van der Waals surface area (Å²) in [5.41, 5.74) is 1.09. The third-order valence-corrected chi connectivity index (χ3v) is 4.77. The number of hydrogen-bond donors (Lipinski definition) is 2. The van der Waals surface area contributed by atoms with E-state index in [1.807, 2.05) is 0 Å². The number of rotatable bonds is 7. The van der Waals surface area contributed by atoms with Gasteiger partial charge in [0.1, 0.15) is 5.75 Å². The summed E-state index contributed by atoms with van der Waals surface area (Å²) in [7, 11) is -3.82. The van der Waals surface area contributed by atoms with Gasteiger partial charge in [0.2, 0.25) is 10.0 Å². The lowest BCUT2D eigenvalue weighted by molar-refractivity contribution is -0.155. The van der Waals surface area contributed by atoms with E-state index in [0.29, 0.717) is 16.5 Å². The molecule has 2 aromatic carbocycles. The molecule has 1 amide bonds. The van der Waals surface area contributed by atoms with E-state index in [1.54, 1.807) is 25.1 Å². The SMILES string of the molecule is Cc1cc(Cl)ccc1OCC(=O)OC(C)C(=O)Nc1ccc(S(N)(=O)=O)cc1. The first-order chi connectivity index (χ1) is 13.1. The van der Waals surface area contributed by atoms with Crippen LogP contribution in [0.3, 0.4) is 0 Å². The molecule has 0 saturated carbocycles. The van der Waals surface area contributed by atoms with Crippen LogP contribution in [0, 0.1) is 6.92 Å². The van der Waals surface area contributed by atoms with Crippen LogP contribution in [0.1, 0.15) is 12.5 Å². The molecule has 1 unspecified atom stereocenters. The quantitative estimate of drug-likeness (QED) is 0.654. The smallest absolute Gasteiger partial charge is 0.344 e. The molecule has 2 aromatic rings. The average molecular weight is 427 g/mol. The monoisotopic (exact) mass is 426 g/mol. The molecule has 8 nitrogen and oxygen atoms in total. The van der Waals surface area contributed by atoms with Crippen molar-refractivity contribution in [2.45, 2.75) is 24.8 Å². The Morgan fingerprint density at radius 1 is 1.18 bits per heavy atom. The third kappa shape index (κ3) is 6.22. The van der Waals surface area contributed by atoms with E-state index in [-0.39, 0.29) is 11.5 Å². The fourth-order valence-electron chi connectivity index (χ4n) is 2.17. The number of sulfonamides is 1. The fraction of sp³-hybridized carbons (Fsp3) is 0.222. The van der Waals surface area contributed by atoms with Crippen molar-refractivity contribution >= 4 is 39.2 Å². The molecule has 0 aliphatic carbocycles. The van der Waals surface area contributed by atoms with Crippen molar-refractivity contribution in [3.63, 3.8) is 0 Å². The number of amides is 1. The van der Waals surface area contributed by atoms with Crippen molar-refractivity contribution in [1.29, 1.82) is 0 Å². The van der Waals surface area contributed by atoms with E-state index < -0.39 is 28.0 Å². The van der Waals surface area contributed by atoms with E-state index in [2.05, 4.69) is 5.32 Å². The molecule has 0 radical (unpaired) electrons. The molecular weight excluding hydrogens is 408 g/mol. The van der Waals surface area contributed by atoms with Gasteiger partial charge < -0.3 is 14.8 Å². The molecule has 0 heterocycles. The topological polar surface area (TPSA) is 125 Å². The van der Waals surface area contributed by atoms with Crippen LogP contribution in [0.4, 0.5) is 5.69 Å². The van der Waals surface area contributed by atoms with Crippen molar-refractivity contribution in [3.05, 3.63) is 53.1 Å². The van der Waals surface area contributed by atoms with Gasteiger partial charge in [0.05, 0.1) is 4.90 Å². The first-order valence-electron chi connectivity index (χ1n) is 8.08. The first-order valence-corrected chi connectivity index (χ1v) is 10.0. The molecule has 0 fully saturated rings. The summed E-state index contributed by atoms with van der Waals surface area (Å²) >= 11 is 5.85. The van der Waals surface area contributed by atoms with Crippen LogP contribution in [-0.2, 0) is 24.3 Å². The number of nitrogens with two attached hydrogens (primary N) is 1. The van der Waals surface area contributed by atoms with Gasteiger partial charge in [0, 0.05) is 10.7 Å². The van der Waals surface area contributed by atoms with Crippen molar-refractivity contribution in [1.82, 2.24) is 0 Å². The number of halogens is 1. The van der Waals surface area contributed by atoms with Gasteiger partial charge in [-0.25, -0.2) is 18.4 Å². The summed E-state index contributed by atoms with van der Waals surface area (Å²) in [4.78, 5) is 23.9. The number of nitrogens with one attached hydrogen (secondary N) is 1. The van der Waals surface area contributed by atoms with Crippen molar-refractivity contribution < 1.29 is 27.5 Å². The largest absolute Gasteiger partial charge is 0.482 e. The molecule has 0 bridgehead atoms. The van der Waals surface area contributed by atoms with E-state index in [9.17, 15) is 18.0 Å². The number of primary sulfonamides is 1. The summed E-state index contributed by atoms with van der Waals surface area (Å²) in [6.07, 6.45) is -1.08. The molecule has 10 heteroatoms. The van der Waals surface area contributed by atoms with Crippen LogP contribution in [0.5, 0.6) is 5.75 Å². The predicted molar refractivity (Wildman–Crippen MR) is 104 cm³/mol. The third-order valence-electron chi connectivity index (χ3n) is 3.61. The molecule has 150 valence electrons. The van der Waals surface area contributed by atoms with Gasteiger partial charge >= 0.3 is 5.97 Å². The zero-order valence-electron chi connectivity index (χ0n) is 15.1. The molecule has 2 rings (SSSR count). The number of anilines is 1. The number of aryl methyl sites for hydroxylation is 1. The number of carbonyl (C=O) groups is 2. The predicted octanol–water partition coefficient (Wildman–Crippen LogP) is 2.25. The fourth-order valence-corrected chi connectivity index (χ4v) is 2.91. The Labute approximate surface area is 167 Å². The minimum absolute atomic E-state index is 0.0837. The summed E-state index contributed by atoms with van der Waals surface area (Å²) in [5.74, 6) is -0.825. The highest BCUT2D eigenvalue weighted by Crippen LogP contribution is 2.21. The lowest BCUT2D eigenvalue weighted by Gasteiger charge is -2.14. The second kappa shape index (κ2) is 9.05. The standard InChI is InChI=1S/C18H19ClN2O6S/c1-11-9-13(19)3-8-16(11)26-10-17(22)27-12(2)18(23)21-14-4-6-15(7-5-14)28(20,24)25/h3-9,12H,10H2,1-2H3,(H,21,23)(H2,20,24,25). The van der Waals surface area contributed by atoms with Crippen molar-refractivity contribution in [2.24, 2.45) is 5.14 Å². The Morgan fingerprint density at radius 2 is 1.82 bits per heavy atom. The van der Waals surface area contributed by atoms with Gasteiger partial charge in [-0.05, 0) is 61.9 Å². The normalized spacial score (nSPS) is 12.1. The van der Waals surface area contributed by atoms with Crippen LogP contribution in [0.2, 0.25) is 5.02 Å². The lowest BCUT2D eigenvalue weighted by atomic mass is 10.2. The summed E-state index contributed by atoms with van der Waals surface area (Å²) in [6, 6.07) is 10.2. The Bertz CT molecular complexity index is 976. The van der Waals surface area contributed by atoms with Crippen LogP contribution < -0.4 is 15.2 Å². The summed E-state index contributed by atoms with van der Waals surface area (Å²) in [5, 5.41) is 8.07. The van der Waals surface area contributed by atoms with Gasteiger partial charge in [-0.3, -0.25) is 4.79 Å². The highest BCUT2D eigenvalue weighted by molar-refractivity contribution is 7.89. The first kappa shape index (κ1) is 21.7. The maximum atomic E-state index is 12.1. The Hall–Kier alpha value is -2.62. The number of esters is 1. The zero-order chi connectivity index (χ0) is 20.9. The maximum Gasteiger partial charge on any atom is 0.344 e. The number of benzene rings is 2. The molecule has 0 aromatic heterocycles. The Morgan fingerprint density at radius 3 is 2.39 bits per heavy atom. The average Bonchev–Trinajstić information content (AvgIpc) is 2.60.